The predicted molar refractivity (Wildman–Crippen MR) is 97.4 cm³/mol. The molecule has 0 aromatic heterocycles. The van der Waals surface area contributed by atoms with Crippen molar-refractivity contribution >= 4 is 11.6 Å². The van der Waals surface area contributed by atoms with E-state index in [-0.39, 0.29) is 11.1 Å². The van der Waals surface area contributed by atoms with E-state index in [1.807, 2.05) is 0 Å². The Balaban J connectivity index is 1.44. The zero-order valence-corrected chi connectivity index (χ0v) is 15.3. The molecule has 1 heterocycles. The predicted octanol–water partition coefficient (Wildman–Crippen LogP) is 3.20. The summed E-state index contributed by atoms with van der Waals surface area (Å²) in [4.78, 5) is 2.31. The summed E-state index contributed by atoms with van der Waals surface area (Å²) in [6, 6.07) is 4.46. The highest BCUT2D eigenvalue weighted by atomic mass is 35.5. The summed E-state index contributed by atoms with van der Waals surface area (Å²) in [6.07, 6.45) is 5.79. The molecule has 0 bridgehead atoms. The molecule has 1 saturated carbocycles. The number of piperidine rings is 1. The minimum atomic E-state index is -0.561. The molecule has 2 atom stereocenters. The molecule has 2 fully saturated rings. The average Bonchev–Trinajstić information content (AvgIpc) is 2.58. The second kappa shape index (κ2) is 8.67. The van der Waals surface area contributed by atoms with E-state index in [9.17, 15) is 9.50 Å². The summed E-state index contributed by atoms with van der Waals surface area (Å²) < 4.78 is 18.9. The Morgan fingerprint density at radius 3 is 2.68 bits per heavy atom. The van der Waals surface area contributed by atoms with Crippen molar-refractivity contribution in [2.24, 2.45) is 11.7 Å². The van der Waals surface area contributed by atoms with Gasteiger partial charge in [-0.3, -0.25) is 0 Å². The molecule has 0 unspecified atom stereocenters. The number of nitrogens with zero attached hydrogens (tertiary/aromatic N) is 1. The van der Waals surface area contributed by atoms with Gasteiger partial charge in [0.2, 0.25) is 0 Å². The fourth-order valence-corrected chi connectivity index (χ4v) is 4.10. The van der Waals surface area contributed by atoms with Crippen LogP contribution in [0.5, 0.6) is 5.75 Å². The summed E-state index contributed by atoms with van der Waals surface area (Å²) in [7, 11) is 0. The molecule has 25 heavy (non-hydrogen) atoms. The number of hydrogen-bond donors (Lipinski definition) is 2. The van der Waals surface area contributed by atoms with Gasteiger partial charge in [-0.05, 0) is 69.2 Å². The lowest BCUT2D eigenvalue weighted by molar-refractivity contribution is -0.0266. The van der Waals surface area contributed by atoms with Crippen LogP contribution in [0.1, 0.15) is 38.5 Å². The third-order valence-electron chi connectivity index (χ3n) is 5.52. The number of nitrogens with two attached hydrogens (primary N) is 1. The lowest BCUT2D eigenvalue weighted by atomic mass is 9.84. The van der Waals surface area contributed by atoms with Gasteiger partial charge in [-0.2, -0.15) is 0 Å². The van der Waals surface area contributed by atoms with E-state index in [2.05, 4.69) is 4.90 Å². The zero-order chi connectivity index (χ0) is 17.8. The van der Waals surface area contributed by atoms with Gasteiger partial charge < -0.3 is 20.5 Å². The highest BCUT2D eigenvalue weighted by molar-refractivity contribution is 6.32. The Kier molecular flexibility index (Phi) is 6.55. The fourth-order valence-electron chi connectivity index (χ4n) is 3.89. The van der Waals surface area contributed by atoms with Crippen LogP contribution in [0.25, 0.3) is 0 Å². The number of hydrogen-bond acceptors (Lipinski definition) is 4. The highest BCUT2D eigenvalue weighted by Crippen LogP contribution is 2.29. The van der Waals surface area contributed by atoms with Crippen molar-refractivity contribution in [3.63, 3.8) is 0 Å². The molecule has 0 radical (unpaired) electrons. The normalized spacial score (nSPS) is 31.0. The standard InChI is InChI=1S/C19H28ClFN2O2/c20-16-11-14(21)3-6-18(16)25-19-8-10-23(12-17(19)24)9-7-13-1-4-15(22)5-2-13/h3,6,11,13,15,17,19,24H,1-2,4-5,7-10,12,22H2/t13-,15-,17-,19-/m1/s1. The largest absolute Gasteiger partial charge is 0.486 e. The molecular weight excluding hydrogens is 343 g/mol. The first kappa shape index (κ1) is 18.9. The van der Waals surface area contributed by atoms with Gasteiger partial charge in [0.1, 0.15) is 23.8 Å². The Hall–Kier alpha value is -0.880. The van der Waals surface area contributed by atoms with Gasteiger partial charge in [-0.1, -0.05) is 11.6 Å². The van der Waals surface area contributed by atoms with Crippen LogP contribution in [0.15, 0.2) is 18.2 Å². The number of aliphatic hydroxyl groups is 1. The van der Waals surface area contributed by atoms with Gasteiger partial charge in [0, 0.05) is 19.1 Å². The molecule has 1 aromatic carbocycles. The van der Waals surface area contributed by atoms with Crippen molar-refractivity contribution in [2.45, 2.75) is 56.8 Å². The summed E-state index contributed by atoms with van der Waals surface area (Å²) in [5, 5.41) is 10.7. The summed E-state index contributed by atoms with van der Waals surface area (Å²) in [6.45, 7) is 2.52. The fraction of sp³-hybridized carbons (Fsp3) is 0.684. The minimum Gasteiger partial charge on any atom is -0.486 e. The molecule has 6 heteroatoms. The molecule has 4 nitrogen and oxygen atoms in total. The van der Waals surface area contributed by atoms with E-state index in [1.165, 1.54) is 37.5 Å². The topological polar surface area (TPSA) is 58.7 Å². The SMILES string of the molecule is N[C@H]1CC[C@H](CCN2CC[C@@H](Oc3ccc(F)cc3Cl)[C@H](O)C2)CC1. The second-order valence-electron chi connectivity index (χ2n) is 7.46. The van der Waals surface area contributed by atoms with E-state index >= 15 is 0 Å². The quantitative estimate of drug-likeness (QED) is 0.835. The number of ether oxygens (including phenoxy) is 1. The van der Waals surface area contributed by atoms with Crippen LogP contribution in [0.4, 0.5) is 4.39 Å². The zero-order valence-electron chi connectivity index (χ0n) is 14.5. The van der Waals surface area contributed by atoms with E-state index in [0.29, 0.717) is 18.3 Å². The molecule has 1 aliphatic heterocycles. The summed E-state index contributed by atoms with van der Waals surface area (Å²) in [5.74, 6) is 0.805. The molecule has 1 aromatic rings. The second-order valence-corrected chi connectivity index (χ2v) is 7.86. The molecule has 0 spiro atoms. The van der Waals surface area contributed by atoms with Crippen LogP contribution in [-0.2, 0) is 0 Å². The van der Waals surface area contributed by atoms with E-state index in [4.69, 9.17) is 22.1 Å². The number of likely N-dealkylation sites (tertiary alicyclic amines) is 1. The van der Waals surface area contributed by atoms with Crippen molar-refractivity contribution in [3.8, 4) is 5.75 Å². The average molecular weight is 371 g/mol. The van der Waals surface area contributed by atoms with Crippen molar-refractivity contribution in [2.75, 3.05) is 19.6 Å². The van der Waals surface area contributed by atoms with Crippen LogP contribution in [0, 0.1) is 11.7 Å². The number of halogens is 2. The maximum atomic E-state index is 13.1. The first-order valence-electron chi connectivity index (χ1n) is 9.29. The Morgan fingerprint density at radius 2 is 2.00 bits per heavy atom. The Labute approximate surface area is 154 Å². The molecule has 1 saturated heterocycles. The Bertz CT molecular complexity index is 566. The van der Waals surface area contributed by atoms with Gasteiger partial charge >= 0.3 is 0 Å². The third kappa shape index (κ3) is 5.30. The first-order valence-corrected chi connectivity index (χ1v) is 9.67. The van der Waals surface area contributed by atoms with E-state index < -0.39 is 11.9 Å². The van der Waals surface area contributed by atoms with Crippen molar-refractivity contribution in [1.82, 2.24) is 4.90 Å². The maximum absolute atomic E-state index is 13.1. The molecule has 140 valence electrons. The third-order valence-corrected chi connectivity index (χ3v) is 5.82. The summed E-state index contributed by atoms with van der Waals surface area (Å²) in [5.41, 5.74) is 5.96. The minimum absolute atomic E-state index is 0.241. The van der Waals surface area contributed by atoms with Gasteiger partial charge in [0.15, 0.2) is 0 Å². The lowest BCUT2D eigenvalue weighted by Gasteiger charge is -2.37. The van der Waals surface area contributed by atoms with Crippen molar-refractivity contribution < 1.29 is 14.2 Å². The van der Waals surface area contributed by atoms with Crippen LogP contribution >= 0.6 is 11.6 Å². The van der Waals surface area contributed by atoms with Crippen LogP contribution in [0.2, 0.25) is 5.02 Å². The van der Waals surface area contributed by atoms with Gasteiger partial charge in [-0.15, -0.1) is 0 Å². The Morgan fingerprint density at radius 1 is 1.24 bits per heavy atom. The van der Waals surface area contributed by atoms with Gasteiger partial charge in [-0.25, -0.2) is 4.39 Å². The number of β-amino-alcohol motifs (C(OH)–C–C–N with tert-alkyl or cyclic N) is 1. The highest BCUT2D eigenvalue weighted by Gasteiger charge is 2.30. The van der Waals surface area contributed by atoms with E-state index in [1.54, 1.807) is 0 Å². The molecule has 0 amide bonds. The van der Waals surface area contributed by atoms with Crippen LogP contribution in [-0.4, -0.2) is 47.9 Å². The van der Waals surface area contributed by atoms with Crippen LogP contribution in [0.3, 0.4) is 0 Å². The lowest BCUT2D eigenvalue weighted by Crippen LogP contribution is -2.49. The first-order chi connectivity index (χ1) is 12.0. The van der Waals surface area contributed by atoms with Gasteiger partial charge in [0.25, 0.3) is 0 Å². The van der Waals surface area contributed by atoms with Crippen molar-refractivity contribution in [1.29, 1.82) is 0 Å². The molecule has 1 aliphatic carbocycles. The number of aliphatic hydroxyl groups excluding tert-OH is 1. The maximum Gasteiger partial charge on any atom is 0.138 e. The van der Waals surface area contributed by atoms with Gasteiger partial charge in [0.05, 0.1) is 5.02 Å². The number of benzene rings is 1. The molecular formula is C19H28ClFN2O2. The van der Waals surface area contributed by atoms with Crippen LogP contribution < -0.4 is 10.5 Å². The smallest absolute Gasteiger partial charge is 0.138 e. The molecule has 3 N–H and O–H groups in total. The monoisotopic (exact) mass is 370 g/mol. The van der Waals surface area contributed by atoms with Crippen molar-refractivity contribution in [3.05, 3.63) is 29.0 Å². The summed E-state index contributed by atoms with van der Waals surface area (Å²) >= 11 is 6.01. The van der Waals surface area contributed by atoms with E-state index in [0.717, 1.165) is 38.3 Å². The molecule has 2 aliphatic rings. The molecule has 3 rings (SSSR count). The number of rotatable bonds is 5.